The van der Waals surface area contributed by atoms with Crippen LogP contribution in [-0.2, 0) is 4.74 Å². The lowest BCUT2D eigenvalue weighted by Crippen LogP contribution is -2.49. The first-order valence-corrected chi connectivity index (χ1v) is 5.02. The lowest BCUT2D eigenvalue weighted by Gasteiger charge is -2.25. The molecule has 1 aliphatic rings. The van der Waals surface area contributed by atoms with Gasteiger partial charge in [-0.15, -0.1) is 0 Å². The van der Waals surface area contributed by atoms with Crippen molar-refractivity contribution in [3.8, 4) is 0 Å². The first-order chi connectivity index (χ1) is 6.25. The van der Waals surface area contributed by atoms with Crippen molar-refractivity contribution >= 4 is 6.09 Å². The molecule has 4 nitrogen and oxygen atoms in total. The minimum Gasteiger partial charge on any atom is -0.444 e. The Bertz CT molecular complexity index is 227. The van der Waals surface area contributed by atoms with E-state index in [-0.39, 0.29) is 17.7 Å². The molecule has 3 N–H and O–H groups in total. The molecule has 4 heteroatoms. The number of nitrogens with one attached hydrogen (secondary N) is 1. The van der Waals surface area contributed by atoms with E-state index in [2.05, 4.69) is 5.32 Å². The van der Waals surface area contributed by atoms with Crippen LogP contribution in [0.25, 0.3) is 0 Å². The smallest absolute Gasteiger partial charge is 0.408 e. The molecule has 0 aromatic carbocycles. The van der Waals surface area contributed by atoms with Crippen molar-refractivity contribution in [2.24, 2.45) is 5.73 Å². The molecule has 1 saturated carbocycles. The Hall–Kier alpha value is -0.770. The third kappa shape index (κ3) is 2.87. The van der Waals surface area contributed by atoms with Crippen molar-refractivity contribution in [3.63, 3.8) is 0 Å². The molecule has 0 saturated heterocycles. The second-order valence-electron chi connectivity index (χ2n) is 5.07. The van der Waals surface area contributed by atoms with E-state index >= 15 is 0 Å². The predicted octanol–water partition coefficient (Wildman–Crippen LogP) is 1.39. The van der Waals surface area contributed by atoms with E-state index < -0.39 is 5.60 Å². The van der Waals surface area contributed by atoms with Crippen LogP contribution >= 0.6 is 0 Å². The zero-order valence-electron chi connectivity index (χ0n) is 9.39. The van der Waals surface area contributed by atoms with Crippen LogP contribution in [0.4, 0.5) is 4.79 Å². The molecule has 0 aromatic rings. The summed E-state index contributed by atoms with van der Waals surface area (Å²) in [6, 6.07) is -0.0185. The number of ether oxygens (including phenoxy) is 1. The molecule has 0 spiro atoms. The van der Waals surface area contributed by atoms with Gasteiger partial charge < -0.3 is 15.8 Å². The number of carbonyl (C=O) groups is 1. The van der Waals surface area contributed by atoms with Gasteiger partial charge in [0.05, 0.1) is 5.54 Å². The maximum atomic E-state index is 11.4. The molecule has 1 aliphatic carbocycles. The van der Waals surface area contributed by atoms with Gasteiger partial charge >= 0.3 is 6.09 Å². The molecule has 0 radical (unpaired) electrons. The van der Waals surface area contributed by atoms with Crippen molar-refractivity contribution < 1.29 is 9.53 Å². The highest BCUT2D eigenvalue weighted by atomic mass is 16.6. The molecule has 0 heterocycles. The average molecular weight is 200 g/mol. The molecule has 1 atom stereocenters. The van der Waals surface area contributed by atoms with Crippen LogP contribution < -0.4 is 11.1 Å². The van der Waals surface area contributed by atoms with Crippen LogP contribution in [0.15, 0.2) is 0 Å². The lowest BCUT2D eigenvalue weighted by atomic mass is 10.1. The van der Waals surface area contributed by atoms with Gasteiger partial charge in [0.15, 0.2) is 0 Å². The molecule has 0 aliphatic heterocycles. The van der Waals surface area contributed by atoms with Crippen LogP contribution in [0.2, 0.25) is 0 Å². The van der Waals surface area contributed by atoms with Crippen molar-refractivity contribution in [2.75, 3.05) is 0 Å². The fourth-order valence-electron chi connectivity index (χ4n) is 1.34. The van der Waals surface area contributed by atoms with Gasteiger partial charge in [0.2, 0.25) is 0 Å². The lowest BCUT2D eigenvalue weighted by molar-refractivity contribution is 0.0489. The molecular formula is C10H20N2O2. The molecule has 1 unspecified atom stereocenters. The third-order valence-corrected chi connectivity index (χ3v) is 2.41. The number of hydrogen-bond acceptors (Lipinski definition) is 3. The third-order valence-electron chi connectivity index (χ3n) is 2.41. The second kappa shape index (κ2) is 3.42. The van der Waals surface area contributed by atoms with Crippen LogP contribution in [0.3, 0.4) is 0 Å². The number of alkyl carbamates (subject to hydrolysis) is 1. The van der Waals surface area contributed by atoms with E-state index in [9.17, 15) is 4.79 Å². The molecule has 0 aromatic heterocycles. The van der Waals surface area contributed by atoms with Crippen molar-refractivity contribution in [1.82, 2.24) is 5.32 Å². The van der Waals surface area contributed by atoms with Crippen LogP contribution in [0.5, 0.6) is 0 Å². The number of amides is 1. The van der Waals surface area contributed by atoms with E-state index in [1.807, 2.05) is 27.7 Å². The number of rotatable bonds is 2. The standard InChI is InChI=1S/C10H20N2O2/c1-7(11)10(5-6-10)12-8(13)14-9(2,3)4/h7H,5-6,11H2,1-4H3,(H,12,13). The van der Waals surface area contributed by atoms with Gasteiger partial charge in [-0.1, -0.05) is 0 Å². The van der Waals surface area contributed by atoms with Gasteiger partial charge in [0, 0.05) is 6.04 Å². The van der Waals surface area contributed by atoms with Gasteiger partial charge in [0.1, 0.15) is 5.60 Å². The van der Waals surface area contributed by atoms with Gasteiger partial charge in [-0.3, -0.25) is 0 Å². The zero-order valence-corrected chi connectivity index (χ0v) is 9.39. The molecule has 1 amide bonds. The molecule has 14 heavy (non-hydrogen) atoms. The summed E-state index contributed by atoms with van der Waals surface area (Å²) in [5.41, 5.74) is 5.12. The molecular weight excluding hydrogens is 180 g/mol. The summed E-state index contributed by atoms with van der Waals surface area (Å²) < 4.78 is 5.16. The minimum atomic E-state index is -0.446. The number of carbonyl (C=O) groups excluding carboxylic acids is 1. The molecule has 82 valence electrons. The quantitative estimate of drug-likeness (QED) is 0.708. The van der Waals surface area contributed by atoms with E-state index in [0.717, 1.165) is 12.8 Å². The fourth-order valence-corrected chi connectivity index (χ4v) is 1.34. The summed E-state index contributed by atoms with van der Waals surface area (Å²) in [7, 11) is 0. The Morgan fingerprint density at radius 1 is 1.50 bits per heavy atom. The van der Waals surface area contributed by atoms with Crippen LogP contribution in [0.1, 0.15) is 40.5 Å². The molecule has 0 bridgehead atoms. The van der Waals surface area contributed by atoms with E-state index in [0.29, 0.717) is 0 Å². The van der Waals surface area contributed by atoms with E-state index in [1.165, 1.54) is 0 Å². The highest BCUT2D eigenvalue weighted by Gasteiger charge is 2.48. The average Bonchev–Trinajstić information content (AvgIpc) is 2.63. The van der Waals surface area contributed by atoms with E-state index in [1.54, 1.807) is 0 Å². The van der Waals surface area contributed by atoms with Gasteiger partial charge in [-0.05, 0) is 40.5 Å². The number of nitrogens with two attached hydrogens (primary N) is 1. The van der Waals surface area contributed by atoms with Gasteiger partial charge in [0.25, 0.3) is 0 Å². The predicted molar refractivity (Wildman–Crippen MR) is 55.0 cm³/mol. The topological polar surface area (TPSA) is 64.3 Å². The summed E-state index contributed by atoms with van der Waals surface area (Å²) in [6.45, 7) is 7.44. The SMILES string of the molecule is CC(N)C1(NC(=O)OC(C)(C)C)CC1. The first kappa shape index (κ1) is 11.3. The Kier molecular flexibility index (Phi) is 2.76. The Labute approximate surface area is 85.2 Å². The maximum absolute atomic E-state index is 11.4. The first-order valence-electron chi connectivity index (χ1n) is 5.02. The van der Waals surface area contributed by atoms with Crippen LogP contribution in [0, 0.1) is 0 Å². The Morgan fingerprint density at radius 2 is 2.00 bits per heavy atom. The van der Waals surface area contributed by atoms with Crippen molar-refractivity contribution in [3.05, 3.63) is 0 Å². The van der Waals surface area contributed by atoms with Crippen LogP contribution in [-0.4, -0.2) is 23.3 Å². The minimum absolute atomic E-state index is 0.0185. The van der Waals surface area contributed by atoms with Crippen molar-refractivity contribution in [1.29, 1.82) is 0 Å². The summed E-state index contributed by atoms with van der Waals surface area (Å²) in [4.78, 5) is 11.4. The second-order valence-corrected chi connectivity index (χ2v) is 5.07. The molecule has 1 rings (SSSR count). The summed E-state index contributed by atoms with van der Waals surface area (Å²) in [5.74, 6) is 0. The number of hydrogen-bond donors (Lipinski definition) is 2. The van der Waals surface area contributed by atoms with Gasteiger partial charge in [-0.25, -0.2) is 4.79 Å². The van der Waals surface area contributed by atoms with Gasteiger partial charge in [-0.2, -0.15) is 0 Å². The summed E-state index contributed by atoms with van der Waals surface area (Å²) in [5, 5.41) is 2.84. The monoisotopic (exact) mass is 200 g/mol. The normalized spacial score (nSPS) is 21.2. The summed E-state index contributed by atoms with van der Waals surface area (Å²) >= 11 is 0. The van der Waals surface area contributed by atoms with E-state index in [4.69, 9.17) is 10.5 Å². The summed E-state index contributed by atoms with van der Waals surface area (Å²) in [6.07, 6.45) is 1.53. The zero-order chi connectivity index (χ0) is 11.0. The molecule has 1 fully saturated rings. The largest absolute Gasteiger partial charge is 0.444 e. The fraction of sp³-hybridized carbons (Fsp3) is 0.900. The highest BCUT2D eigenvalue weighted by Crippen LogP contribution is 2.37. The highest BCUT2D eigenvalue weighted by molar-refractivity contribution is 5.69. The van der Waals surface area contributed by atoms with Crippen molar-refractivity contribution in [2.45, 2.75) is 57.7 Å². The Morgan fingerprint density at radius 3 is 2.29 bits per heavy atom. The Balaban J connectivity index is 2.42. The maximum Gasteiger partial charge on any atom is 0.408 e.